The van der Waals surface area contributed by atoms with E-state index in [1.54, 1.807) is 17.9 Å². The number of piperazine rings is 1. The van der Waals surface area contributed by atoms with E-state index in [1.165, 1.54) is 10.6 Å². The van der Waals surface area contributed by atoms with Gasteiger partial charge in [-0.1, -0.05) is 13.8 Å². The molecule has 2 aromatic heterocycles. The molecule has 5 rings (SSSR count). The van der Waals surface area contributed by atoms with Crippen LogP contribution in [0.1, 0.15) is 68.1 Å². The molecule has 3 heterocycles. The smallest absolute Gasteiger partial charge is 0.291 e. The van der Waals surface area contributed by atoms with E-state index >= 15 is 0 Å². The van der Waals surface area contributed by atoms with Crippen LogP contribution in [0.2, 0.25) is 0 Å². The van der Waals surface area contributed by atoms with Gasteiger partial charge >= 0.3 is 0 Å². The van der Waals surface area contributed by atoms with E-state index in [0.717, 1.165) is 17.4 Å². The third kappa shape index (κ3) is 5.63. The second-order valence-electron chi connectivity index (χ2n) is 12.1. The molecule has 1 aliphatic heterocycles. The molecule has 0 spiro atoms. The normalized spacial score (nSPS) is 21.9. The van der Waals surface area contributed by atoms with Crippen molar-refractivity contribution in [2.45, 2.75) is 77.9 Å². The largest absolute Gasteiger partial charge is 0.494 e. The molecule has 0 unspecified atom stereocenters. The van der Waals surface area contributed by atoms with Crippen molar-refractivity contribution in [3.05, 3.63) is 33.3 Å². The Balaban J connectivity index is 1.38. The number of aromatic nitrogens is 3. The van der Waals surface area contributed by atoms with E-state index < -0.39 is 23.3 Å². The molecule has 0 radical (unpaired) electrons. The summed E-state index contributed by atoms with van der Waals surface area (Å²) >= 11 is 0. The molecule has 2 saturated carbocycles. The standard InChI is InChI=1S/C28H38F2N6O4/c1-16(2)13-35-25-21(18(4)32-36(25)27(40)23(26(35)39)24(38)31-20-5-6-20)7-8-22(37)34-10-9-33(14-17(34)3)15-19-11-28(29,30)12-19/h7-8,16-17,19-20,39H,5-6,9-15H2,1-4H3,(H,31,38)/b8-7+/t17-/m0/s1. The number of hydrogen-bond donors (Lipinski definition) is 2. The van der Waals surface area contributed by atoms with E-state index in [1.807, 2.05) is 20.8 Å². The number of hydrogen-bond acceptors (Lipinski definition) is 6. The van der Waals surface area contributed by atoms with Crippen LogP contribution in [0.15, 0.2) is 10.9 Å². The Hall–Kier alpha value is -3.28. The molecule has 2 aliphatic carbocycles. The van der Waals surface area contributed by atoms with E-state index in [2.05, 4.69) is 15.3 Å². The molecule has 2 N–H and O–H groups in total. The fourth-order valence-electron chi connectivity index (χ4n) is 5.84. The summed E-state index contributed by atoms with van der Waals surface area (Å²) in [7, 11) is 0. The van der Waals surface area contributed by atoms with Crippen molar-refractivity contribution in [2.75, 3.05) is 26.2 Å². The van der Waals surface area contributed by atoms with Crippen LogP contribution in [0.3, 0.4) is 0 Å². The van der Waals surface area contributed by atoms with Crippen LogP contribution in [0.5, 0.6) is 5.88 Å². The summed E-state index contributed by atoms with van der Waals surface area (Å²) in [4.78, 5) is 43.3. The predicted octanol–water partition coefficient (Wildman–Crippen LogP) is 2.65. The van der Waals surface area contributed by atoms with Crippen molar-refractivity contribution in [3.8, 4) is 5.88 Å². The summed E-state index contributed by atoms with van der Waals surface area (Å²) in [5.74, 6) is -3.69. The summed E-state index contributed by atoms with van der Waals surface area (Å²) in [6, 6.07) is -0.0798. The third-order valence-electron chi connectivity index (χ3n) is 7.99. The molecule has 1 saturated heterocycles. The molecule has 1 atom stereocenters. The maximum atomic E-state index is 13.3. The lowest BCUT2D eigenvalue weighted by Gasteiger charge is -2.43. The number of halogens is 2. The van der Waals surface area contributed by atoms with Crippen LogP contribution in [0.4, 0.5) is 8.78 Å². The summed E-state index contributed by atoms with van der Waals surface area (Å²) in [6.07, 6.45) is 4.60. The van der Waals surface area contributed by atoms with Gasteiger partial charge in [-0.3, -0.25) is 23.9 Å². The van der Waals surface area contributed by atoms with Crippen LogP contribution in [0, 0.1) is 18.8 Å². The molecular formula is C28H38F2N6O4. The molecule has 0 aromatic carbocycles. The lowest BCUT2D eigenvalue weighted by Crippen LogP contribution is -2.55. The number of nitrogens with zero attached hydrogens (tertiary/aromatic N) is 5. The molecule has 12 heteroatoms. The second kappa shape index (κ2) is 10.6. The maximum Gasteiger partial charge on any atom is 0.291 e. The first-order valence-corrected chi connectivity index (χ1v) is 14.1. The number of carbonyl (C=O) groups is 2. The van der Waals surface area contributed by atoms with Gasteiger partial charge in [0.25, 0.3) is 11.5 Å². The minimum Gasteiger partial charge on any atom is -0.494 e. The van der Waals surface area contributed by atoms with Crippen LogP contribution in [-0.2, 0) is 11.3 Å². The van der Waals surface area contributed by atoms with E-state index in [-0.39, 0.29) is 48.2 Å². The van der Waals surface area contributed by atoms with E-state index in [0.29, 0.717) is 49.6 Å². The first-order valence-electron chi connectivity index (χ1n) is 14.1. The maximum absolute atomic E-state index is 13.3. The van der Waals surface area contributed by atoms with Gasteiger partial charge < -0.3 is 15.3 Å². The Kier molecular flexibility index (Phi) is 7.49. The highest BCUT2D eigenvalue weighted by Crippen LogP contribution is 2.42. The summed E-state index contributed by atoms with van der Waals surface area (Å²) in [5.41, 5.74) is 0.247. The fourth-order valence-corrected chi connectivity index (χ4v) is 5.84. The Morgan fingerprint density at radius 3 is 2.52 bits per heavy atom. The monoisotopic (exact) mass is 560 g/mol. The minimum atomic E-state index is -2.53. The molecular weight excluding hydrogens is 522 g/mol. The Labute approximate surface area is 231 Å². The van der Waals surface area contributed by atoms with Gasteiger partial charge in [0.1, 0.15) is 5.65 Å². The molecule has 218 valence electrons. The Morgan fingerprint density at radius 2 is 1.93 bits per heavy atom. The molecule has 2 amide bonds. The number of nitrogens with one attached hydrogen (secondary N) is 1. The van der Waals surface area contributed by atoms with Gasteiger partial charge in [-0.15, -0.1) is 0 Å². The highest BCUT2D eigenvalue weighted by atomic mass is 19.3. The Bertz CT molecular complexity index is 1400. The van der Waals surface area contributed by atoms with Gasteiger partial charge in [-0.25, -0.2) is 8.78 Å². The summed E-state index contributed by atoms with van der Waals surface area (Å²) in [5, 5.41) is 18.3. The van der Waals surface area contributed by atoms with Gasteiger partial charge in [0.05, 0.1) is 5.69 Å². The highest BCUT2D eigenvalue weighted by molar-refractivity contribution is 5.97. The molecule has 0 bridgehead atoms. The van der Waals surface area contributed by atoms with Gasteiger partial charge in [-0.05, 0) is 44.6 Å². The van der Waals surface area contributed by atoms with Crippen LogP contribution in [0.25, 0.3) is 11.7 Å². The number of aryl methyl sites for hydroxylation is 1. The minimum absolute atomic E-state index is 0.00287. The lowest BCUT2D eigenvalue weighted by molar-refractivity contribution is -0.132. The number of rotatable bonds is 8. The van der Waals surface area contributed by atoms with Crippen LogP contribution >= 0.6 is 0 Å². The van der Waals surface area contributed by atoms with Crippen molar-refractivity contribution in [1.82, 2.24) is 29.3 Å². The van der Waals surface area contributed by atoms with E-state index in [9.17, 15) is 28.3 Å². The zero-order valence-corrected chi connectivity index (χ0v) is 23.5. The quantitative estimate of drug-likeness (QED) is 0.481. The van der Waals surface area contributed by atoms with E-state index in [4.69, 9.17) is 0 Å². The molecule has 3 fully saturated rings. The summed E-state index contributed by atoms with van der Waals surface area (Å²) < 4.78 is 29.1. The number of alkyl halides is 2. The molecule has 10 nitrogen and oxygen atoms in total. The number of carbonyl (C=O) groups excluding carboxylic acids is 2. The molecule has 40 heavy (non-hydrogen) atoms. The Morgan fingerprint density at radius 1 is 1.23 bits per heavy atom. The fraction of sp³-hybridized carbons (Fsp3) is 0.643. The lowest BCUT2D eigenvalue weighted by atomic mass is 9.81. The van der Waals surface area contributed by atoms with Crippen molar-refractivity contribution >= 4 is 23.5 Å². The third-order valence-corrected chi connectivity index (χ3v) is 7.99. The highest BCUT2D eigenvalue weighted by Gasteiger charge is 2.46. The molecule has 3 aliphatic rings. The van der Waals surface area contributed by atoms with Gasteiger partial charge in [-0.2, -0.15) is 9.61 Å². The number of fused-ring (bicyclic) bond motifs is 1. The van der Waals surface area contributed by atoms with Crippen molar-refractivity contribution in [3.63, 3.8) is 0 Å². The first kappa shape index (κ1) is 28.3. The average Bonchev–Trinajstić information content (AvgIpc) is 3.59. The first-order chi connectivity index (χ1) is 18.8. The van der Waals surface area contributed by atoms with Gasteiger partial charge in [0.2, 0.25) is 17.7 Å². The number of aromatic hydroxyl groups is 1. The topological polar surface area (TPSA) is 112 Å². The van der Waals surface area contributed by atoms with Crippen molar-refractivity contribution in [2.24, 2.45) is 11.8 Å². The second-order valence-corrected chi connectivity index (χ2v) is 12.1. The SMILES string of the molecule is Cc1nn2c(=O)c(C(=O)NC3CC3)c(O)n(CC(C)C)c2c1/C=C/C(=O)N1CCN(CC2CC(F)(F)C2)C[C@@H]1C. The van der Waals surface area contributed by atoms with Crippen molar-refractivity contribution in [1.29, 1.82) is 0 Å². The number of amides is 2. The zero-order chi connectivity index (χ0) is 28.9. The van der Waals surface area contributed by atoms with Crippen LogP contribution in [-0.4, -0.2) is 85.1 Å². The average molecular weight is 561 g/mol. The van der Waals surface area contributed by atoms with Gasteiger partial charge in [0, 0.05) is 69.3 Å². The predicted molar refractivity (Wildman–Crippen MR) is 145 cm³/mol. The molecule has 2 aromatic rings. The summed E-state index contributed by atoms with van der Waals surface area (Å²) in [6.45, 7) is 10.2. The van der Waals surface area contributed by atoms with Gasteiger partial charge in [0.15, 0.2) is 5.56 Å². The van der Waals surface area contributed by atoms with Crippen molar-refractivity contribution < 1.29 is 23.5 Å². The zero-order valence-electron chi connectivity index (χ0n) is 23.5. The van der Waals surface area contributed by atoms with Crippen LogP contribution < -0.4 is 10.9 Å².